The number of hydrogen-bond donors (Lipinski definition) is 1. The molecule has 8 heavy (non-hydrogen) atoms. The van der Waals surface area contributed by atoms with E-state index in [2.05, 4.69) is 10.5 Å². The van der Waals surface area contributed by atoms with Crippen molar-refractivity contribution in [1.29, 1.82) is 0 Å². The third-order valence-corrected chi connectivity index (χ3v) is 0.496. The van der Waals surface area contributed by atoms with Crippen LogP contribution in [0, 0.1) is 0 Å². The van der Waals surface area contributed by atoms with Gasteiger partial charge in [0.15, 0.2) is 5.78 Å². The van der Waals surface area contributed by atoms with Crippen LogP contribution in [-0.4, -0.2) is 18.5 Å². The third-order valence-electron chi connectivity index (χ3n) is 0.496. The van der Waals surface area contributed by atoms with Crippen LogP contribution in [-0.2, 0) is 4.79 Å². The first kappa shape index (κ1) is 7.14. The zero-order valence-electron chi connectivity index (χ0n) is 5.14. The number of carbonyl (C=O) groups excluding carboxylic acids is 1. The molecule has 3 heteroatoms. The molecule has 46 valence electrons. The van der Waals surface area contributed by atoms with E-state index in [1.807, 2.05) is 6.92 Å². The predicted octanol–water partition coefficient (Wildman–Crippen LogP) is 0.171. The number of hydrazone groups is 1. The Morgan fingerprint density at radius 1 is 1.88 bits per heavy atom. The summed E-state index contributed by atoms with van der Waals surface area (Å²) < 4.78 is 0. The summed E-state index contributed by atoms with van der Waals surface area (Å²) in [6.45, 7) is 4.13. The molecule has 0 unspecified atom stereocenters. The standard InChI is InChI=1S/C5H10N2O/c1-3-6-7-4-5(2)8/h4,6H,3H2,1-2H3/b7-4+. The van der Waals surface area contributed by atoms with E-state index in [9.17, 15) is 4.79 Å². The SMILES string of the molecule is CCN/N=C/C(C)=O. The molecule has 0 spiro atoms. The molecule has 0 radical (unpaired) electrons. The number of Topliss-reactive ketones (excluding diaryl/α,β-unsaturated/α-hetero) is 1. The van der Waals surface area contributed by atoms with Gasteiger partial charge in [0.25, 0.3) is 0 Å². The zero-order valence-corrected chi connectivity index (χ0v) is 5.14. The summed E-state index contributed by atoms with van der Waals surface area (Å²) >= 11 is 0. The van der Waals surface area contributed by atoms with Crippen molar-refractivity contribution in [3.05, 3.63) is 0 Å². The van der Waals surface area contributed by atoms with Gasteiger partial charge in [0.1, 0.15) is 0 Å². The van der Waals surface area contributed by atoms with Crippen LogP contribution < -0.4 is 5.43 Å². The quantitative estimate of drug-likeness (QED) is 0.419. The molecule has 0 aliphatic carbocycles. The van der Waals surface area contributed by atoms with E-state index in [1.54, 1.807) is 0 Å². The van der Waals surface area contributed by atoms with Crippen LogP contribution in [0.5, 0.6) is 0 Å². The van der Waals surface area contributed by atoms with Crippen molar-refractivity contribution in [3.8, 4) is 0 Å². The first-order valence-electron chi connectivity index (χ1n) is 2.54. The lowest BCUT2D eigenvalue weighted by molar-refractivity contribution is -0.110. The number of rotatable bonds is 3. The number of hydrogen-bond acceptors (Lipinski definition) is 3. The van der Waals surface area contributed by atoms with Gasteiger partial charge in [-0.3, -0.25) is 4.79 Å². The van der Waals surface area contributed by atoms with E-state index in [1.165, 1.54) is 13.1 Å². The highest BCUT2D eigenvalue weighted by Crippen LogP contribution is 1.59. The molecule has 3 nitrogen and oxygen atoms in total. The number of nitrogens with zero attached hydrogens (tertiary/aromatic N) is 1. The van der Waals surface area contributed by atoms with E-state index in [0.29, 0.717) is 0 Å². The molecule has 0 saturated heterocycles. The molecule has 0 bridgehead atoms. The highest BCUT2D eigenvalue weighted by atomic mass is 16.1. The van der Waals surface area contributed by atoms with Crippen molar-refractivity contribution in [2.75, 3.05) is 6.54 Å². The maximum absolute atomic E-state index is 10.1. The van der Waals surface area contributed by atoms with Crippen molar-refractivity contribution in [3.63, 3.8) is 0 Å². The lowest BCUT2D eigenvalue weighted by Gasteiger charge is -1.86. The number of ketones is 1. The van der Waals surface area contributed by atoms with E-state index in [4.69, 9.17) is 0 Å². The Morgan fingerprint density at radius 2 is 2.50 bits per heavy atom. The zero-order chi connectivity index (χ0) is 6.41. The van der Waals surface area contributed by atoms with Gasteiger partial charge >= 0.3 is 0 Å². The highest BCUT2D eigenvalue weighted by molar-refractivity contribution is 6.26. The van der Waals surface area contributed by atoms with Crippen LogP contribution in [0.1, 0.15) is 13.8 Å². The van der Waals surface area contributed by atoms with Gasteiger partial charge in [-0.25, -0.2) is 0 Å². The minimum atomic E-state index is -0.0362. The van der Waals surface area contributed by atoms with Crippen molar-refractivity contribution in [1.82, 2.24) is 5.43 Å². The van der Waals surface area contributed by atoms with Crippen molar-refractivity contribution in [2.45, 2.75) is 13.8 Å². The van der Waals surface area contributed by atoms with Crippen LogP contribution in [0.15, 0.2) is 5.10 Å². The lowest BCUT2D eigenvalue weighted by Crippen LogP contribution is -2.05. The van der Waals surface area contributed by atoms with Gasteiger partial charge in [0.05, 0.1) is 6.21 Å². The summed E-state index contributed by atoms with van der Waals surface area (Å²) in [6.07, 6.45) is 1.25. The molecule has 0 aromatic carbocycles. The number of carbonyl (C=O) groups is 1. The predicted molar refractivity (Wildman–Crippen MR) is 32.8 cm³/mol. The minimum absolute atomic E-state index is 0.0362. The molecule has 0 atom stereocenters. The van der Waals surface area contributed by atoms with Crippen LogP contribution in [0.25, 0.3) is 0 Å². The molecular weight excluding hydrogens is 104 g/mol. The first-order valence-corrected chi connectivity index (χ1v) is 2.54. The molecule has 1 N–H and O–H groups in total. The van der Waals surface area contributed by atoms with Gasteiger partial charge in [-0.15, -0.1) is 0 Å². The van der Waals surface area contributed by atoms with E-state index >= 15 is 0 Å². The fraction of sp³-hybridized carbons (Fsp3) is 0.600. The van der Waals surface area contributed by atoms with Gasteiger partial charge in [0.2, 0.25) is 0 Å². The second kappa shape index (κ2) is 4.30. The molecule has 0 saturated carbocycles. The summed E-state index contributed by atoms with van der Waals surface area (Å²) in [5, 5.41) is 3.56. The van der Waals surface area contributed by atoms with Gasteiger partial charge < -0.3 is 5.43 Å². The molecule has 0 aromatic heterocycles. The highest BCUT2D eigenvalue weighted by Gasteiger charge is 1.78. The summed E-state index contributed by atoms with van der Waals surface area (Å²) in [6, 6.07) is 0. The smallest absolute Gasteiger partial charge is 0.172 e. The molecule has 0 rings (SSSR count). The topological polar surface area (TPSA) is 41.5 Å². The molecule has 0 aliphatic rings. The van der Waals surface area contributed by atoms with E-state index in [-0.39, 0.29) is 5.78 Å². The fourth-order valence-corrected chi connectivity index (χ4v) is 0.228. The molecular formula is C5H10N2O. The molecule has 0 aromatic rings. The minimum Gasteiger partial charge on any atom is -0.310 e. The lowest BCUT2D eigenvalue weighted by atomic mass is 10.5. The van der Waals surface area contributed by atoms with E-state index in [0.717, 1.165) is 6.54 Å². The molecule has 0 heterocycles. The Balaban J connectivity index is 3.20. The normalized spacial score (nSPS) is 9.75. The maximum Gasteiger partial charge on any atom is 0.172 e. The Hall–Kier alpha value is -0.860. The average molecular weight is 114 g/mol. The monoisotopic (exact) mass is 114 g/mol. The van der Waals surface area contributed by atoms with Crippen LogP contribution >= 0.6 is 0 Å². The second-order valence-electron chi connectivity index (χ2n) is 1.38. The molecule has 0 fully saturated rings. The van der Waals surface area contributed by atoms with Gasteiger partial charge in [-0.2, -0.15) is 5.10 Å². The van der Waals surface area contributed by atoms with Crippen LogP contribution in [0.3, 0.4) is 0 Å². The van der Waals surface area contributed by atoms with Crippen molar-refractivity contribution >= 4 is 12.0 Å². The number of nitrogens with one attached hydrogen (secondary N) is 1. The molecule has 0 amide bonds. The Labute approximate surface area is 48.8 Å². The second-order valence-corrected chi connectivity index (χ2v) is 1.38. The van der Waals surface area contributed by atoms with Gasteiger partial charge in [-0.1, -0.05) is 0 Å². The van der Waals surface area contributed by atoms with Crippen molar-refractivity contribution < 1.29 is 4.79 Å². The van der Waals surface area contributed by atoms with Crippen LogP contribution in [0.4, 0.5) is 0 Å². The summed E-state index contributed by atoms with van der Waals surface area (Å²) in [7, 11) is 0. The maximum atomic E-state index is 10.1. The fourth-order valence-electron chi connectivity index (χ4n) is 0.228. The first-order chi connectivity index (χ1) is 3.77. The molecule has 0 aliphatic heterocycles. The Bertz CT molecular complexity index is 98.6. The summed E-state index contributed by atoms with van der Waals surface area (Å²) in [5.74, 6) is -0.0362. The van der Waals surface area contributed by atoms with Crippen LogP contribution in [0.2, 0.25) is 0 Å². The van der Waals surface area contributed by atoms with Gasteiger partial charge in [-0.05, 0) is 6.92 Å². The van der Waals surface area contributed by atoms with Gasteiger partial charge in [0, 0.05) is 13.5 Å². The van der Waals surface area contributed by atoms with E-state index < -0.39 is 0 Å². The summed E-state index contributed by atoms with van der Waals surface area (Å²) in [4.78, 5) is 10.1. The third kappa shape index (κ3) is 5.14. The summed E-state index contributed by atoms with van der Waals surface area (Å²) in [5.41, 5.74) is 2.63. The Morgan fingerprint density at radius 3 is 2.88 bits per heavy atom. The largest absolute Gasteiger partial charge is 0.310 e. The van der Waals surface area contributed by atoms with Crippen molar-refractivity contribution in [2.24, 2.45) is 5.10 Å². The Kier molecular flexibility index (Phi) is 3.84. The average Bonchev–Trinajstić information content (AvgIpc) is 1.66.